The van der Waals surface area contributed by atoms with Crippen molar-refractivity contribution in [2.75, 3.05) is 0 Å². The number of carboxylic acid groups (broad SMARTS) is 1. The van der Waals surface area contributed by atoms with Gasteiger partial charge in [0.25, 0.3) is 5.56 Å². The van der Waals surface area contributed by atoms with E-state index in [-0.39, 0.29) is 23.6 Å². The number of nitrogens with zero attached hydrogens (tertiary/aromatic N) is 3. The van der Waals surface area contributed by atoms with Crippen LogP contribution in [0.25, 0.3) is 10.9 Å². The summed E-state index contributed by atoms with van der Waals surface area (Å²) in [6.45, 7) is 4.28. The maximum atomic E-state index is 13.3. The summed E-state index contributed by atoms with van der Waals surface area (Å²) >= 11 is 9.84. The summed E-state index contributed by atoms with van der Waals surface area (Å²) in [5.41, 5.74) is 2.11. The fraction of sp³-hybridized carbons (Fsp3) is 0.185. The lowest BCUT2D eigenvalue weighted by molar-refractivity contribution is 0.0697. The summed E-state index contributed by atoms with van der Waals surface area (Å²) in [6, 6.07) is 17.1. The Bertz CT molecular complexity index is 1520. The highest BCUT2D eigenvalue weighted by atomic mass is 79.9. The molecule has 0 aliphatic heterocycles. The molecular formula is C27H23BrClN3O4. The highest BCUT2D eigenvalue weighted by Crippen LogP contribution is 2.26. The van der Waals surface area contributed by atoms with E-state index in [4.69, 9.17) is 26.4 Å². The predicted octanol–water partition coefficient (Wildman–Crippen LogP) is 6.49. The first-order chi connectivity index (χ1) is 17.3. The number of ether oxygens (including phenoxy) is 1. The fourth-order valence-corrected chi connectivity index (χ4v) is 4.13. The quantitative estimate of drug-likeness (QED) is 0.245. The molecule has 0 amide bonds. The number of fused-ring (bicyclic) bond motifs is 1. The maximum Gasteiger partial charge on any atom is 0.335 e. The first kappa shape index (κ1) is 25.6. The molecule has 0 unspecified atom stereocenters. The number of hydrogen-bond donors (Lipinski definition) is 1. The maximum absolute atomic E-state index is 13.3. The summed E-state index contributed by atoms with van der Waals surface area (Å²) in [6.07, 6.45) is 2.37. The first-order valence-electron chi connectivity index (χ1n) is 11.3. The number of rotatable bonds is 8. The molecule has 0 aliphatic carbocycles. The van der Waals surface area contributed by atoms with Gasteiger partial charge in [0, 0.05) is 10.4 Å². The molecule has 0 radical (unpaired) electrons. The van der Waals surface area contributed by atoms with Gasteiger partial charge in [-0.2, -0.15) is 9.78 Å². The predicted molar refractivity (Wildman–Crippen MR) is 145 cm³/mol. The zero-order chi connectivity index (χ0) is 25.8. The number of hydrogen-bond acceptors (Lipinski definition) is 5. The molecule has 3 aromatic carbocycles. The Balaban J connectivity index is 1.58. The van der Waals surface area contributed by atoms with Crippen molar-refractivity contribution in [3.05, 3.63) is 103 Å². The third kappa shape index (κ3) is 5.66. The highest BCUT2D eigenvalue weighted by Gasteiger charge is 2.15. The van der Waals surface area contributed by atoms with Crippen molar-refractivity contribution in [3.63, 3.8) is 0 Å². The smallest absolute Gasteiger partial charge is 0.335 e. The van der Waals surface area contributed by atoms with Crippen LogP contribution in [0.2, 0.25) is 5.02 Å². The zero-order valence-corrected chi connectivity index (χ0v) is 22.0. The summed E-state index contributed by atoms with van der Waals surface area (Å²) < 4.78 is 7.93. The molecule has 4 aromatic rings. The van der Waals surface area contributed by atoms with E-state index < -0.39 is 5.97 Å². The van der Waals surface area contributed by atoms with E-state index >= 15 is 0 Å². The van der Waals surface area contributed by atoms with Gasteiger partial charge in [-0.25, -0.2) is 9.78 Å². The molecule has 0 aliphatic rings. The molecule has 1 aromatic heterocycles. The van der Waals surface area contributed by atoms with E-state index in [0.29, 0.717) is 33.1 Å². The number of benzene rings is 3. The molecule has 36 heavy (non-hydrogen) atoms. The van der Waals surface area contributed by atoms with Crippen molar-refractivity contribution in [1.82, 2.24) is 9.66 Å². The third-order valence-corrected chi connectivity index (χ3v) is 6.55. The molecule has 0 saturated heterocycles. The number of aromatic nitrogens is 2. The lowest BCUT2D eigenvalue weighted by atomic mass is 10.1. The SMILES string of the molecule is CC[C@H](C)c1nc2ccc(Br)cc2c(=O)n1N=Cc1ccc(OCc2ccc(C(=O)O)cc2)c(Cl)c1. The van der Waals surface area contributed by atoms with Crippen molar-refractivity contribution in [2.45, 2.75) is 32.8 Å². The van der Waals surface area contributed by atoms with Crippen LogP contribution in [0.5, 0.6) is 5.75 Å². The van der Waals surface area contributed by atoms with Gasteiger partial charge in [0.15, 0.2) is 0 Å². The van der Waals surface area contributed by atoms with Crippen molar-refractivity contribution < 1.29 is 14.6 Å². The normalized spacial score (nSPS) is 12.2. The lowest BCUT2D eigenvalue weighted by Gasteiger charge is -2.14. The van der Waals surface area contributed by atoms with Crippen LogP contribution >= 0.6 is 27.5 Å². The third-order valence-electron chi connectivity index (χ3n) is 5.76. The minimum atomic E-state index is -0.978. The topological polar surface area (TPSA) is 93.8 Å². The van der Waals surface area contributed by atoms with Crippen LogP contribution in [0.1, 0.15) is 53.5 Å². The van der Waals surface area contributed by atoms with Crippen LogP contribution < -0.4 is 10.3 Å². The average Bonchev–Trinajstić information content (AvgIpc) is 2.87. The second-order valence-corrected chi connectivity index (χ2v) is 9.61. The van der Waals surface area contributed by atoms with Crippen molar-refractivity contribution >= 4 is 50.6 Å². The van der Waals surface area contributed by atoms with Gasteiger partial charge < -0.3 is 9.84 Å². The van der Waals surface area contributed by atoms with Gasteiger partial charge in [-0.3, -0.25) is 4.79 Å². The van der Waals surface area contributed by atoms with Crippen LogP contribution in [0.4, 0.5) is 0 Å². The molecule has 4 rings (SSSR count). The molecule has 7 nitrogen and oxygen atoms in total. The summed E-state index contributed by atoms with van der Waals surface area (Å²) in [5, 5.41) is 14.3. The summed E-state index contributed by atoms with van der Waals surface area (Å²) in [4.78, 5) is 28.9. The van der Waals surface area contributed by atoms with Gasteiger partial charge >= 0.3 is 5.97 Å². The molecule has 184 valence electrons. The number of halogens is 2. The van der Waals surface area contributed by atoms with Gasteiger partial charge in [0.1, 0.15) is 18.2 Å². The Morgan fingerprint density at radius 1 is 1.19 bits per heavy atom. The molecule has 0 spiro atoms. The monoisotopic (exact) mass is 567 g/mol. The van der Waals surface area contributed by atoms with Gasteiger partial charge in [-0.05, 0) is 66.1 Å². The summed E-state index contributed by atoms with van der Waals surface area (Å²) in [5.74, 6) is 0.125. The Kier molecular flexibility index (Phi) is 7.86. The van der Waals surface area contributed by atoms with Crippen molar-refractivity contribution in [2.24, 2.45) is 5.10 Å². The van der Waals surface area contributed by atoms with E-state index in [0.717, 1.165) is 16.5 Å². The fourth-order valence-electron chi connectivity index (χ4n) is 3.52. The van der Waals surface area contributed by atoms with Crippen LogP contribution in [-0.2, 0) is 6.61 Å². The first-order valence-corrected chi connectivity index (χ1v) is 12.4. The van der Waals surface area contributed by atoms with Crippen molar-refractivity contribution in [3.8, 4) is 5.75 Å². The van der Waals surface area contributed by atoms with E-state index in [1.165, 1.54) is 16.8 Å². The Labute approximate surface area is 221 Å². The van der Waals surface area contributed by atoms with Gasteiger partial charge in [-0.15, -0.1) is 0 Å². The molecular weight excluding hydrogens is 546 g/mol. The number of aromatic carboxylic acids is 1. The van der Waals surface area contributed by atoms with Gasteiger partial charge in [0.2, 0.25) is 0 Å². The standard InChI is InChI=1S/C27H23BrClN3O4/c1-3-16(2)25-31-23-10-9-20(28)13-21(23)26(33)32(25)30-14-18-6-11-24(22(29)12-18)36-15-17-4-7-19(8-5-17)27(34)35/h4-14,16H,3,15H2,1-2H3,(H,34,35)/t16-/m0/s1. The molecule has 0 fully saturated rings. The van der Waals surface area contributed by atoms with Crippen LogP contribution in [0, 0.1) is 0 Å². The minimum absolute atomic E-state index is 0.0341. The minimum Gasteiger partial charge on any atom is -0.487 e. The Hall–Kier alpha value is -3.49. The average molecular weight is 569 g/mol. The Morgan fingerprint density at radius 3 is 2.61 bits per heavy atom. The molecule has 1 heterocycles. The second kappa shape index (κ2) is 11.1. The lowest BCUT2D eigenvalue weighted by Crippen LogP contribution is -2.23. The van der Waals surface area contributed by atoms with Gasteiger partial charge in [0.05, 0.1) is 27.7 Å². The number of carboxylic acids is 1. The van der Waals surface area contributed by atoms with E-state index in [1.807, 2.05) is 26.0 Å². The molecule has 0 saturated carbocycles. The van der Waals surface area contributed by atoms with Crippen LogP contribution in [-0.4, -0.2) is 27.0 Å². The highest BCUT2D eigenvalue weighted by molar-refractivity contribution is 9.10. The second-order valence-electron chi connectivity index (χ2n) is 8.28. The van der Waals surface area contributed by atoms with E-state index in [1.54, 1.807) is 42.6 Å². The molecule has 1 atom stereocenters. The zero-order valence-electron chi connectivity index (χ0n) is 19.6. The van der Waals surface area contributed by atoms with E-state index in [9.17, 15) is 9.59 Å². The van der Waals surface area contributed by atoms with Crippen molar-refractivity contribution in [1.29, 1.82) is 0 Å². The van der Waals surface area contributed by atoms with Crippen LogP contribution in [0.3, 0.4) is 0 Å². The molecule has 9 heteroatoms. The molecule has 0 bridgehead atoms. The van der Waals surface area contributed by atoms with Gasteiger partial charge in [-0.1, -0.05) is 53.5 Å². The Morgan fingerprint density at radius 2 is 1.94 bits per heavy atom. The molecule has 1 N–H and O–H groups in total. The van der Waals surface area contributed by atoms with Crippen LogP contribution in [0.15, 0.2) is 75.0 Å². The summed E-state index contributed by atoms with van der Waals surface area (Å²) in [7, 11) is 0. The number of carbonyl (C=O) groups is 1. The largest absolute Gasteiger partial charge is 0.487 e. The van der Waals surface area contributed by atoms with E-state index in [2.05, 4.69) is 21.0 Å².